The zero-order chi connectivity index (χ0) is 68.2. The molecule has 0 aliphatic rings. The van der Waals surface area contributed by atoms with Gasteiger partial charge in [0.15, 0.2) is 0 Å². The van der Waals surface area contributed by atoms with Crippen LogP contribution >= 0.6 is 0 Å². The highest BCUT2D eigenvalue weighted by molar-refractivity contribution is 6.38. The van der Waals surface area contributed by atoms with Crippen molar-refractivity contribution in [3.05, 3.63) is 70.8 Å². The van der Waals surface area contributed by atoms with Gasteiger partial charge in [-0.05, 0) is 136 Å². The Bertz CT molecular complexity index is 2790. The summed E-state index contributed by atoms with van der Waals surface area (Å²) in [7, 11) is 0. The van der Waals surface area contributed by atoms with E-state index in [2.05, 4.69) is 31.9 Å². The smallest absolute Gasteiger partial charge is 0.391 e. The van der Waals surface area contributed by atoms with E-state index in [0.29, 0.717) is 16.7 Å². The van der Waals surface area contributed by atoms with E-state index in [9.17, 15) is 65.9 Å². The molecular formula is C64H96F3N7O15. The second-order valence-electron chi connectivity index (χ2n) is 27.5. The van der Waals surface area contributed by atoms with Gasteiger partial charge >= 0.3 is 24.1 Å². The number of Topliss-reactive ketones (excluding diaryl/α,β-unsaturated/α-hetero) is 1. The Balaban J connectivity index is 2.59. The Morgan fingerprint density at radius 3 is 1.48 bits per heavy atom. The van der Waals surface area contributed by atoms with Crippen LogP contribution in [0.25, 0.3) is 0 Å². The molecular weight excluding hydrogens is 1160 g/mol. The summed E-state index contributed by atoms with van der Waals surface area (Å²) in [5.41, 5.74) is -1.99. The average molecular weight is 1260 g/mol. The highest BCUT2D eigenvalue weighted by Crippen LogP contribution is 2.25. The lowest BCUT2D eigenvalue weighted by atomic mass is 9.85. The number of benzene rings is 2. The van der Waals surface area contributed by atoms with Gasteiger partial charge in [-0.1, -0.05) is 83.1 Å². The summed E-state index contributed by atoms with van der Waals surface area (Å²) < 4.78 is 64.2. The molecule has 7 amide bonds. The van der Waals surface area contributed by atoms with Crippen molar-refractivity contribution in [1.82, 2.24) is 37.2 Å². The van der Waals surface area contributed by atoms with Crippen LogP contribution in [0.2, 0.25) is 0 Å². The molecule has 498 valence electrons. The van der Waals surface area contributed by atoms with Gasteiger partial charge in [0.05, 0.1) is 31.5 Å². The Morgan fingerprint density at radius 1 is 0.494 bits per heavy atom. The second-order valence-corrected chi connectivity index (χ2v) is 27.5. The van der Waals surface area contributed by atoms with Gasteiger partial charge in [0, 0.05) is 25.8 Å². The van der Waals surface area contributed by atoms with Crippen LogP contribution in [0.4, 0.5) is 13.2 Å². The van der Waals surface area contributed by atoms with Crippen molar-refractivity contribution in [2.24, 2.45) is 11.3 Å². The van der Waals surface area contributed by atoms with E-state index in [-0.39, 0.29) is 26.0 Å². The first-order chi connectivity index (χ1) is 40.6. The molecule has 0 saturated carbocycles. The van der Waals surface area contributed by atoms with Crippen LogP contribution in [0.1, 0.15) is 185 Å². The number of carbonyl (C=O) groups is 11. The lowest BCUT2D eigenvalue weighted by Crippen LogP contribution is -2.62. The van der Waals surface area contributed by atoms with Crippen molar-refractivity contribution < 1.29 is 84.9 Å². The first kappa shape index (κ1) is 77.7. The molecule has 6 atom stereocenters. The third kappa shape index (κ3) is 32.0. The van der Waals surface area contributed by atoms with Crippen LogP contribution < -0.4 is 37.2 Å². The number of hydrogen-bond acceptors (Lipinski definition) is 15. The van der Waals surface area contributed by atoms with Gasteiger partial charge in [0.25, 0.3) is 5.91 Å². The standard InChI is InChI=1S/C64H96F3N7O15/c1-37(2)31-43(54(81)73-46(34-64(65,66)67)51(79)57(84)68-35-39-23-25-40(26-24-39)36-86-60(7,8)9)72-58(85)52(59(4,5)6)74-56(83)44(32-41-22-20-19-21-38(41)3)71-53(80)42(27-29-48(76)87-61(10,11)12)70-55(82)45(33-50(78)89-63(16,17)18)69-47(75)28-30-49(77)88-62(13,14)15/h19-26,37,42-46,52H,27-36H2,1-18H3,(H,68,84)(H,69,75)(H,70,82)(H,71,80)(H,72,85)(H,73,81)(H,74,83)/t42-,43-,44-,45-,46?,52+/m0/s1. The van der Waals surface area contributed by atoms with Crippen LogP contribution in [0, 0.1) is 18.3 Å². The van der Waals surface area contributed by atoms with Gasteiger partial charge in [-0.15, -0.1) is 0 Å². The van der Waals surface area contributed by atoms with E-state index in [1.165, 1.54) is 0 Å². The van der Waals surface area contributed by atoms with Gasteiger partial charge in [0.1, 0.15) is 53.1 Å². The molecule has 1 unspecified atom stereocenters. The highest BCUT2D eigenvalue weighted by Gasteiger charge is 2.42. The highest BCUT2D eigenvalue weighted by atomic mass is 19.4. The lowest BCUT2D eigenvalue weighted by molar-refractivity contribution is -0.158. The van der Waals surface area contributed by atoms with Crippen molar-refractivity contribution >= 4 is 65.0 Å². The molecule has 2 rings (SSSR count). The minimum Gasteiger partial charge on any atom is -0.460 e. The third-order valence-corrected chi connectivity index (χ3v) is 12.6. The van der Waals surface area contributed by atoms with Gasteiger partial charge in [-0.25, -0.2) is 0 Å². The monoisotopic (exact) mass is 1260 g/mol. The molecule has 0 bridgehead atoms. The molecule has 2 aromatic rings. The van der Waals surface area contributed by atoms with Crippen molar-refractivity contribution in [2.45, 2.75) is 254 Å². The summed E-state index contributed by atoms with van der Waals surface area (Å²) in [6.45, 7) is 29.9. The number of aryl methyl sites for hydroxylation is 1. The number of hydrogen-bond donors (Lipinski definition) is 7. The Kier molecular flexibility index (Phi) is 29.1. The molecule has 0 aromatic heterocycles. The van der Waals surface area contributed by atoms with Crippen molar-refractivity contribution in [1.29, 1.82) is 0 Å². The quantitative estimate of drug-likeness (QED) is 0.0244. The topological polar surface area (TPSA) is 309 Å². The molecule has 0 radical (unpaired) electrons. The molecule has 22 nitrogen and oxygen atoms in total. The molecule has 0 saturated heterocycles. The van der Waals surface area contributed by atoms with Crippen molar-refractivity contribution in [3.8, 4) is 0 Å². The summed E-state index contributed by atoms with van der Waals surface area (Å²) in [6, 6.07) is 2.90. The number of halogens is 3. The summed E-state index contributed by atoms with van der Waals surface area (Å²) in [5, 5.41) is 17.1. The number of ether oxygens (including phenoxy) is 4. The number of nitrogens with one attached hydrogen (secondary N) is 7. The van der Waals surface area contributed by atoms with Gasteiger partial charge in [-0.2, -0.15) is 13.2 Å². The maximum atomic E-state index is 14.8. The molecule has 0 aliphatic heterocycles. The molecule has 2 aromatic carbocycles. The normalized spacial score (nSPS) is 14.3. The largest absolute Gasteiger partial charge is 0.460 e. The molecule has 25 heteroatoms. The van der Waals surface area contributed by atoms with E-state index in [1.54, 1.807) is 152 Å². The first-order valence-electron chi connectivity index (χ1n) is 29.7. The predicted molar refractivity (Wildman–Crippen MR) is 325 cm³/mol. The van der Waals surface area contributed by atoms with E-state index < -0.39 is 180 Å². The fourth-order valence-corrected chi connectivity index (χ4v) is 8.44. The molecule has 0 aliphatic carbocycles. The minimum atomic E-state index is -5.06. The Morgan fingerprint density at radius 2 is 0.966 bits per heavy atom. The third-order valence-electron chi connectivity index (χ3n) is 12.6. The van der Waals surface area contributed by atoms with Crippen molar-refractivity contribution in [2.75, 3.05) is 0 Å². The van der Waals surface area contributed by atoms with E-state index >= 15 is 0 Å². The van der Waals surface area contributed by atoms with Gasteiger partial charge in [0.2, 0.25) is 41.2 Å². The summed E-state index contributed by atoms with van der Waals surface area (Å²) in [6.07, 6.45) is -10.0. The maximum absolute atomic E-state index is 14.8. The summed E-state index contributed by atoms with van der Waals surface area (Å²) >= 11 is 0. The first-order valence-corrected chi connectivity index (χ1v) is 29.7. The number of esters is 3. The minimum absolute atomic E-state index is 0.199. The second kappa shape index (κ2) is 33.4. The number of carbonyl (C=O) groups excluding carboxylic acids is 11. The number of ketones is 1. The SMILES string of the molecule is Cc1ccccc1C[C@H](NC(=O)[C@H](CCC(=O)OC(C)(C)C)NC(=O)[C@H](CC(=O)OC(C)(C)C)NC(=O)CCC(=O)OC(C)(C)C)C(=O)N[C@H](C(=O)N[C@@H](CC(C)C)C(=O)NC(CC(F)(F)F)C(=O)C(=O)NCc1ccc(COC(C)(C)C)cc1)C(C)(C)C. The summed E-state index contributed by atoms with van der Waals surface area (Å²) in [4.78, 5) is 151. The summed E-state index contributed by atoms with van der Waals surface area (Å²) in [5.74, 6) is -12.1. The van der Waals surface area contributed by atoms with Crippen LogP contribution in [0.5, 0.6) is 0 Å². The fourth-order valence-electron chi connectivity index (χ4n) is 8.44. The van der Waals surface area contributed by atoms with Crippen LogP contribution in [0.3, 0.4) is 0 Å². The van der Waals surface area contributed by atoms with Crippen molar-refractivity contribution in [3.63, 3.8) is 0 Å². The molecule has 0 fully saturated rings. The van der Waals surface area contributed by atoms with E-state index in [4.69, 9.17) is 18.9 Å². The maximum Gasteiger partial charge on any atom is 0.391 e. The molecule has 89 heavy (non-hydrogen) atoms. The van der Waals surface area contributed by atoms with Gasteiger partial charge < -0.3 is 56.2 Å². The number of rotatable bonds is 30. The zero-order valence-corrected chi connectivity index (χ0v) is 55.0. The fraction of sp³-hybridized carbons (Fsp3) is 0.641. The predicted octanol–water partition coefficient (Wildman–Crippen LogP) is 6.67. The van der Waals surface area contributed by atoms with E-state index in [1.807, 2.05) is 26.1 Å². The van der Waals surface area contributed by atoms with Crippen LogP contribution in [-0.4, -0.2) is 130 Å². The Labute approximate surface area is 521 Å². The lowest BCUT2D eigenvalue weighted by Gasteiger charge is -2.34. The Hall–Kier alpha value is -7.44. The number of alkyl halides is 3. The molecule has 0 spiro atoms. The molecule has 0 heterocycles. The zero-order valence-electron chi connectivity index (χ0n) is 55.0. The van der Waals surface area contributed by atoms with Crippen LogP contribution in [0.15, 0.2) is 48.5 Å². The van der Waals surface area contributed by atoms with Gasteiger partial charge in [-0.3, -0.25) is 52.7 Å². The average Bonchev–Trinajstić information content (AvgIpc) is 1.19. The van der Waals surface area contributed by atoms with Crippen LogP contribution in [-0.2, 0) is 91.3 Å². The van der Waals surface area contributed by atoms with E-state index in [0.717, 1.165) is 5.56 Å². The number of amides is 7. The molecule has 7 N–H and O–H groups in total.